The molecule has 0 amide bonds. The molecule has 0 unspecified atom stereocenters. The molecule has 0 atom stereocenters. The molecule has 0 saturated carbocycles. The van der Waals surface area contributed by atoms with Crippen LogP contribution in [0, 0.1) is 6.92 Å². The monoisotopic (exact) mass is 298 g/mol. The van der Waals surface area contributed by atoms with E-state index < -0.39 is 0 Å². The van der Waals surface area contributed by atoms with Crippen LogP contribution in [0.2, 0.25) is 0 Å². The molecule has 22 heavy (non-hydrogen) atoms. The van der Waals surface area contributed by atoms with Gasteiger partial charge in [0.2, 0.25) is 0 Å². The van der Waals surface area contributed by atoms with Crippen LogP contribution in [0.3, 0.4) is 0 Å². The van der Waals surface area contributed by atoms with Gasteiger partial charge < -0.3 is 4.98 Å². The Bertz CT molecular complexity index is 711. The molecule has 1 aliphatic heterocycles. The number of aromatic amines is 1. The Morgan fingerprint density at radius 3 is 2.73 bits per heavy atom. The van der Waals surface area contributed by atoms with Gasteiger partial charge >= 0.3 is 0 Å². The van der Waals surface area contributed by atoms with E-state index in [0.29, 0.717) is 0 Å². The van der Waals surface area contributed by atoms with Crippen LogP contribution in [0.15, 0.2) is 23.0 Å². The van der Waals surface area contributed by atoms with Crippen molar-refractivity contribution in [1.82, 2.24) is 9.88 Å². The number of nitrogens with one attached hydrogen (secondary N) is 1. The van der Waals surface area contributed by atoms with Gasteiger partial charge in [0.1, 0.15) is 0 Å². The van der Waals surface area contributed by atoms with Crippen LogP contribution in [0.25, 0.3) is 10.9 Å². The van der Waals surface area contributed by atoms with Crippen LogP contribution < -0.4 is 5.43 Å². The first-order valence-corrected chi connectivity index (χ1v) is 8.56. The molecule has 3 heteroatoms. The van der Waals surface area contributed by atoms with Gasteiger partial charge in [0.15, 0.2) is 5.43 Å². The minimum atomic E-state index is 0.219. The molecule has 0 aliphatic carbocycles. The van der Waals surface area contributed by atoms with E-state index in [1.54, 1.807) is 0 Å². The number of likely N-dealkylation sites (tertiary alicyclic amines) is 1. The van der Waals surface area contributed by atoms with E-state index in [9.17, 15) is 4.79 Å². The minimum Gasteiger partial charge on any atom is -0.358 e. The number of rotatable bonds is 5. The third kappa shape index (κ3) is 3.09. The summed E-state index contributed by atoms with van der Waals surface area (Å²) >= 11 is 0. The number of pyridine rings is 1. The summed E-state index contributed by atoms with van der Waals surface area (Å²) in [5, 5.41) is 0.855. The second kappa shape index (κ2) is 6.66. The number of aromatic nitrogens is 1. The van der Waals surface area contributed by atoms with Crippen LogP contribution in [0.4, 0.5) is 0 Å². The predicted molar refractivity (Wildman–Crippen MR) is 92.4 cm³/mol. The normalized spacial score (nSPS) is 15.7. The lowest BCUT2D eigenvalue weighted by atomic mass is 10.0. The summed E-state index contributed by atoms with van der Waals surface area (Å²) in [7, 11) is 0. The van der Waals surface area contributed by atoms with Gasteiger partial charge in [0.25, 0.3) is 0 Å². The second-order valence-electron chi connectivity index (χ2n) is 6.52. The Labute approximate surface area is 132 Å². The summed E-state index contributed by atoms with van der Waals surface area (Å²) < 4.78 is 0. The van der Waals surface area contributed by atoms with E-state index >= 15 is 0 Å². The molecule has 1 aromatic carbocycles. The van der Waals surface area contributed by atoms with E-state index in [4.69, 9.17) is 0 Å². The molecule has 1 saturated heterocycles. The topological polar surface area (TPSA) is 36.1 Å². The molecule has 0 radical (unpaired) electrons. The summed E-state index contributed by atoms with van der Waals surface area (Å²) in [5.41, 5.74) is 4.42. The number of nitrogens with zero attached hydrogens (tertiary/aromatic N) is 1. The number of unbranched alkanes of at least 4 members (excludes halogenated alkanes) is 1. The zero-order valence-corrected chi connectivity index (χ0v) is 13.7. The van der Waals surface area contributed by atoms with Crippen molar-refractivity contribution in [1.29, 1.82) is 0 Å². The number of hydrogen-bond donors (Lipinski definition) is 1. The fraction of sp³-hybridized carbons (Fsp3) is 0.526. The Balaban J connectivity index is 1.98. The zero-order chi connectivity index (χ0) is 15.5. The number of H-pyrrole nitrogens is 1. The Morgan fingerprint density at radius 1 is 1.23 bits per heavy atom. The van der Waals surface area contributed by atoms with Gasteiger partial charge in [-0.25, -0.2) is 0 Å². The molecule has 3 nitrogen and oxygen atoms in total. The standard InChI is InChI=1S/C19H26N2O/c1-3-4-7-15-8-9-18-16(12-15)19(22)17(14(2)20-18)13-21-10-5-6-11-21/h8-9,12H,3-7,10-11,13H2,1-2H3,(H,20,22). The first kappa shape index (κ1) is 15.3. The maximum absolute atomic E-state index is 12.9. The molecule has 1 aliphatic rings. The van der Waals surface area contributed by atoms with Crippen LogP contribution in [-0.4, -0.2) is 23.0 Å². The molecule has 1 fully saturated rings. The van der Waals surface area contributed by atoms with Gasteiger partial charge in [0.05, 0.1) is 0 Å². The second-order valence-corrected chi connectivity index (χ2v) is 6.52. The maximum atomic E-state index is 12.9. The predicted octanol–water partition coefficient (Wildman–Crippen LogP) is 3.77. The van der Waals surface area contributed by atoms with E-state index in [1.165, 1.54) is 31.2 Å². The van der Waals surface area contributed by atoms with Crippen molar-refractivity contribution in [3.8, 4) is 0 Å². The summed E-state index contributed by atoms with van der Waals surface area (Å²) in [6, 6.07) is 6.30. The first-order valence-electron chi connectivity index (χ1n) is 8.56. The number of hydrogen-bond acceptors (Lipinski definition) is 2. The molecule has 3 rings (SSSR count). The zero-order valence-electron chi connectivity index (χ0n) is 13.7. The van der Waals surface area contributed by atoms with Crippen molar-refractivity contribution in [3.05, 3.63) is 45.2 Å². The Morgan fingerprint density at radius 2 is 2.00 bits per heavy atom. The average Bonchev–Trinajstić information content (AvgIpc) is 3.03. The van der Waals surface area contributed by atoms with E-state index in [2.05, 4.69) is 35.0 Å². The molecular formula is C19H26N2O. The van der Waals surface area contributed by atoms with Crippen molar-refractivity contribution in [2.45, 2.75) is 52.5 Å². The highest BCUT2D eigenvalue weighted by molar-refractivity contribution is 5.80. The number of benzene rings is 1. The highest BCUT2D eigenvalue weighted by Crippen LogP contribution is 2.18. The summed E-state index contributed by atoms with van der Waals surface area (Å²) in [4.78, 5) is 18.7. The van der Waals surface area contributed by atoms with E-state index in [1.807, 2.05) is 6.92 Å². The molecular weight excluding hydrogens is 272 g/mol. The molecule has 1 aromatic heterocycles. The molecule has 1 N–H and O–H groups in total. The van der Waals surface area contributed by atoms with Gasteiger partial charge in [-0.2, -0.15) is 0 Å². The van der Waals surface area contributed by atoms with Crippen molar-refractivity contribution in [2.24, 2.45) is 0 Å². The van der Waals surface area contributed by atoms with Crippen molar-refractivity contribution in [2.75, 3.05) is 13.1 Å². The minimum absolute atomic E-state index is 0.219. The third-order valence-electron chi connectivity index (χ3n) is 4.78. The largest absolute Gasteiger partial charge is 0.358 e. The fourth-order valence-electron chi connectivity index (χ4n) is 3.39. The molecule has 0 bridgehead atoms. The van der Waals surface area contributed by atoms with Crippen molar-refractivity contribution < 1.29 is 0 Å². The lowest BCUT2D eigenvalue weighted by molar-refractivity contribution is 0.329. The average molecular weight is 298 g/mol. The van der Waals surface area contributed by atoms with Crippen molar-refractivity contribution in [3.63, 3.8) is 0 Å². The fourth-order valence-corrected chi connectivity index (χ4v) is 3.39. The van der Waals surface area contributed by atoms with Crippen LogP contribution in [0.5, 0.6) is 0 Å². The van der Waals surface area contributed by atoms with Gasteiger partial charge in [-0.15, -0.1) is 0 Å². The van der Waals surface area contributed by atoms with Gasteiger partial charge in [-0.3, -0.25) is 9.69 Å². The molecule has 2 heterocycles. The lowest BCUT2D eigenvalue weighted by Gasteiger charge is -2.16. The number of aryl methyl sites for hydroxylation is 2. The first-order chi connectivity index (χ1) is 10.7. The summed E-state index contributed by atoms with van der Waals surface area (Å²) in [6.45, 7) is 7.25. The SMILES string of the molecule is CCCCc1ccc2[nH]c(C)c(CN3CCCC3)c(=O)c2c1. The van der Waals surface area contributed by atoms with Gasteiger partial charge in [-0.05, 0) is 63.4 Å². The molecule has 2 aromatic rings. The highest BCUT2D eigenvalue weighted by atomic mass is 16.1. The maximum Gasteiger partial charge on any atom is 0.194 e. The van der Waals surface area contributed by atoms with Crippen LogP contribution in [0.1, 0.15) is 49.4 Å². The molecule has 0 spiro atoms. The van der Waals surface area contributed by atoms with Gasteiger partial charge in [0, 0.05) is 28.7 Å². The molecule has 118 valence electrons. The van der Waals surface area contributed by atoms with E-state index in [0.717, 1.165) is 48.2 Å². The van der Waals surface area contributed by atoms with Gasteiger partial charge in [-0.1, -0.05) is 19.4 Å². The van der Waals surface area contributed by atoms with Crippen molar-refractivity contribution >= 4 is 10.9 Å². The smallest absolute Gasteiger partial charge is 0.194 e. The van der Waals surface area contributed by atoms with E-state index in [-0.39, 0.29) is 5.43 Å². The highest BCUT2D eigenvalue weighted by Gasteiger charge is 2.16. The Kier molecular flexibility index (Phi) is 4.63. The Hall–Kier alpha value is -1.61. The van der Waals surface area contributed by atoms with Crippen LogP contribution in [-0.2, 0) is 13.0 Å². The third-order valence-corrected chi connectivity index (χ3v) is 4.78. The van der Waals surface area contributed by atoms with Crippen LogP contribution >= 0.6 is 0 Å². The summed E-state index contributed by atoms with van der Waals surface area (Å²) in [6.07, 6.45) is 5.93. The summed E-state index contributed by atoms with van der Waals surface area (Å²) in [5.74, 6) is 0. The number of fused-ring (bicyclic) bond motifs is 1. The quantitative estimate of drug-likeness (QED) is 0.912. The lowest BCUT2D eigenvalue weighted by Crippen LogP contribution is -2.24.